The van der Waals surface area contributed by atoms with Gasteiger partial charge in [0.05, 0.1) is 5.92 Å². The maximum atomic E-state index is 12.7. The molecule has 0 aromatic heterocycles. The largest absolute Gasteiger partial charge is 0.327 e. The summed E-state index contributed by atoms with van der Waals surface area (Å²) in [6, 6.07) is 6.40. The first-order valence-electron chi connectivity index (χ1n) is 8.41. The average Bonchev–Trinajstić information content (AvgIpc) is 3.08. The molecular weight excluding hydrogens is 260 g/mol. The molecule has 3 aliphatic carbocycles. The van der Waals surface area contributed by atoms with Crippen molar-refractivity contribution in [1.82, 2.24) is 0 Å². The number of nitrogens with one attached hydrogen (secondary N) is 1. The molecule has 3 nitrogen and oxygen atoms in total. The second-order valence-electron chi connectivity index (χ2n) is 7.08. The van der Waals surface area contributed by atoms with Gasteiger partial charge < -0.3 is 11.1 Å². The molecule has 2 fully saturated rings. The number of amides is 1. The Hall–Kier alpha value is -1.35. The molecular formula is C18H24N2O. The zero-order valence-electron chi connectivity index (χ0n) is 12.5. The van der Waals surface area contributed by atoms with E-state index in [0.717, 1.165) is 24.9 Å². The summed E-state index contributed by atoms with van der Waals surface area (Å²) in [7, 11) is 0. The van der Waals surface area contributed by atoms with Gasteiger partial charge in [-0.15, -0.1) is 0 Å². The predicted octanol–water partition coefficient (Wildman–Crippen LogP) is 2.88. The lowest BCUT2D eigenvalue weighted by Crippen LogP contribution is -2.42. The minimum absolute atomic E-state index is 0.0307. The van der Waals surface area contributed by atoms with Crippen molar-refractivity contribution in [2.75, 3.05) is 5.32 Å². The maximum absolute atomic E-state index is 12.7. The number of anilines is 1. The van der Waals surface area contributed by atoms with Crippen LogP contribution in [0.5, 0.6) is 0 Å². The second-order valence-corrected chi connectivity index (χ2v) is 7.08. The predicted molar refractivity (Wildman–Crippen MR) is 84.0 cm³/mol. The van der Waals surface area contributed by atoms with Crippen LogP contribution in [0.1, 0.15) is 43.2 Å². The van der Waals surface area contributed by atoms with Gasteiger partial charge in [0.2, 0.25) is 5.91 Å². The zero-order chi connectivity index (χ0) is 14.4. The molecule has 0 radical (unpaired) electrons. The highest BCUT2D eigenvalue weighted by Crippen LogP contribution is 2.48. The summed E-state index contributed by atoms with van der Waals surface area (Å²) >= 11 is 0. The van der Waals surface area contributed by atoms with Crippen molar-refractivity contribution in [2.45, 2.75) is 51.0 Å². The molecule has 0 spiro atoms. The smallest absolute Gasteiger partial charge is 0.229 e. The Balaban J connectivity index is 1.55. The summed E-state index contributed by atoms with van der Waals surface area (Å²) < 4.78 is 0. The van der Waals surface area contributed by atoms with Crippen LogP contribution >= 0.6 is 0 Å². The number of aryl methyl sites for hydroxylation is 1. The van der Waals surface area contributed by atoms with Crippen LogP contribution in [0.25, 0.3) is 0 Å². The third kappa shape index (κ3) is 2.18. The molecule has 3 aliphatic rings. The Morgan fingerprint density at radius 1 is 1.14 bits per heavy atom. The monoisotopic (exact) mass is 284 g/mol. The van der Waals surface area contributed by atoms with Crippen LogP contribution in [0.15, 0.2) is 18.2 Å². The lowest BCUT2D eigenvalue weighted by molar-refractivity contribution is -0.121. The van der Waals surface area contributed by atoms with E-state index in [1.807, 2.05) is 0 Å². The van der Waals surface area contributed by atoms with Crippen molar-refractivity contribution in [1.29, 1.82) is 0 Å². The normalized spacial score (nSPS) is 33.8. The van der Waals surface area contributed by atoms with Gasteiger partial charge in [-0.25, -0.2) is 0 Å². The topological polar surface area (TPSA) is 55.1 Å². The molecule has 3 N–H and O–H groups in total. The van der Waals surface area contributed by atoms with Gasteiger partial charge in [0.1, 0.15) is 0 Å². The van der Waals surface area contributed by atoms with E-state index in [1.54, 1.807) is 0 Å². The number of hydrogen-bond acceptors (Lipinski definition) is 2. The van der Waals surface area contributed by atoms with Gasteiger partial charge in [-0.3, -0.25) is 4.79 Å². The van der Waals surface area contributed by atoms with Crippen molar-refractivity contribution in [2.24, 2.45) is 23.5 Å². The average molecular weight is 284 g/mol. The highest BCUT2D eigenvalue weighted by molar-refractivity contribution is 5.94. The van der Waals surface area contributed by atoms with E-state index in [9.17, 15) is 4.79 Å². The summed E-state index contributed by atoms with van der Waals surface area (Å²) in [5.74, 6) is 1.29. The summed E-state index contributed by atoms with van der Waals surface area (Å²) in [6.45, 7) is 0. The van der Waals surface area contributed by atoms with Crippen molar-refractivity contribution in [3.63, 3.8) is 0 Å². The Bertz CT molecular complexity index is 566. The summed E-state index contributed by atoms with van der Waals surface area (Å²) in [5, 5.41) is 3.21. The van der Waals surface area contributed by atoms with Crippen molar-refractivity contribution >= 4 is 11.6 Å². The van der Waals surface area contributed by atoms with Crippen LogP contribution in [-0.4, -0.2) is 11.9 Å². The summed E-state index contributed by atoms with van der Waals surface area (Å²) in [4.78, 5) is 12.7. The molecule has 1 aromatic carbocycles. The fourth-order valence-electron chi connectivity index (χ4n) is 4.84. The Morgan fingerprint density at radius 2 is 1.95 bits per heavy atom. The van der Waals surface area contributed by atoms with E-state index in [2.05, 4.69) is 23.5 Å². The van der Waals surface area contributed by atoms with E-state index in [0.29, 0.717) is 11.8 Å². The van der Waals surface area contributed by atoms with Crippen LogP contribution in [0.4, 0.5) is 5.69 Å². The Morgan fingerprint density at radius 3 is 2.76 bits per heavy atom. The van der Waals surface area contributed by atoms with E-state index >= 15 is 0 Å². The van der Waals surface area contributed by atoms with E-state index in [-0.39, 0.29) is 17.9 Å². The first-order valence-corrected chi connectivity index (χ1v) is 8.41. The highest BCUT2D eigenvalue weighted by Gasteiger charge is 2.49. The van der Waals surface area contributed by atoms with Crippen LogP contribution in [0, 0.1) is 17.8 Å². The number of carbonyl (C=O) groups is 1. The standard InChI is InChI=1S/C18H24N2O/c19-17-13-9-8-12(10-13)16(17)18(21)20-15-7-3-5-11-4-1-2-6-14(11)15/h3,5,7,12-13,16-17H,1-2,4,6,8-10,19H2,(H,20,21). The third-order valence-corrected chi connectivity index (χ3v) is 5.94. The highest BCUT2D eigenvalue weighted by atomic mass is 16.2. The first-order chi connectivity index (χ1) is 10.2. The number of benzene rings is 1. The quantitative estimate of drug-likeness (QED) is 0.877. The number of hydrogen-bond donors (Lipinski definition) is 2. The maximum Gasteiger partial charge on any atom is 0.229 e. The third-order valence-electron chi connectivity index (χ3n) is 5.94. The van der Waals surface area contributed by atoms with Crippen molar-refractivity contribution < 1.29 is 4.79 Å². The summed E-state index contributed by atoms with van der Waals surface area (Å²) in [5.41, 5.74) is 10.1. The van der Waals surface area contributed by atoms with Gasteiger partial charge in [0, 0.05) is 11.7 Å². The van der Waals surface area contributed by atoms with Gasteiger partial charge in [-0.1, -0.05) is 12.1 Å². The molecule has 2 bridgehead atoms. The molecule has 112 valence electrons. The molecule has 4 unspecified atom stereocenters. The van der Waals surface area contributed by atoms with Gasteiger partial charge in [-0.2, -0.15) is 0 Å². The number of fused-ring (bicyclic) bond motifs is 3. The fraction of sp³-hybridized carbons (Fsp3) is 0.611. The van der Waals surface area contributed by atoms with E-state index in [4.69, 9.17) is 5.73 Å². The minimum Gasteiger partial charge on any atom is -0.327 e. The van der Waals surface area contributed by atoms with Crippen molar-refractivity contribution in [3.05, 3.63) is 29.3 Å². The molecule has 21 heavy (non-hydrogen) atoms. The van der Waals surface area contributed by atoms with Crippen LogP contribution in [0.2, 0.25) is 0 Å². The van der Waals surface area contributed by atoms with Gasteiger partial charge in [-0.05, 0) is 74.0 Å². The molecule has 3 heteroatoms. The molecule has 2 saturated carbocycles. The van der Waals surface area contributed by atoms with E-state index < -0.39 is 0 Å². The second kappa shape index (κ2) is 5.13. The fourth-order valence-corrected chi connectivity index (χ4v) is 4.84. The van der Waals surface area contributed by atoms with Crippen LogP contribution in [0.3, 0.4) is 0 Å². The molecule has 4 atom stereocenters. The molecule has 4 rings (SSSR count). The van der Waals surface area contributed by atoms with Crippen molar-refractivity contribution in [3.8, 4) is 0 Å². The number of nitrogens with two attached hydrogens (primary N) is 1. The van der Waals surface area contributed by atoms with Gasteiger partial charge in [0.25, 0.3) is 0 Å². The SMILES string of the molecule is NC1C2CCC(C2)C1C(=O)Nc1cccc2c1CCCC2. The Labute approximate surface area is 126 Å². The molecule has 1 aromatic rings. The summed E-state index contributed by atoms with van der Waals surface area (Å²) in [6.07, 6.45) is 8.29. The number of carbonyl (C=O) groups excluding carboxylic acids is 1. The van der Waals surface area contributed by atoms with Crippen LogP contribution < -0.4 is 11.1 Å². The molecule has 0 saturated heterocycles. The molecule has 1 amide bonds. The molecule has 0 aliphatic heterocycles. The van der Waals surface area contributed by atoms with E-state index in [1.165, 1.54) is 36.8 Å². The van der Waals surface area contributed by atoms with Crippen LogP contribution in [-0.2, 0) is 17.6 Å². The zero-order valence-corrected chi connectivity index (χ0v) is 12.5. The number of rotatable bonds is 2. The van der Waals surface area contributed by atoms with Gasteiger partial charge in [0.15, 0.2) is 0 Å². The lowest BCUT2D eigenvalue weighted by Gasteiger charge is -2.28. The lowest BCUT2D eigenvalue weighted by atomic mass is 9.84. The first kappa shape index (κ1) is 13.3. The Kier molecular flexibility index (Phi) is 3.26. The molecule has 0 heterocycles. The van der Waals surface area contributed by atoms with Gasteiger partial charge >= 0.3 is 0 Å². The minimum atomic E-state index is 0.0307.